The molecule has 2 N–H and O–H groups in total. The Kier molecular flexibility index (Phi) is 6.19. The van der Waals surface area contributed by atoms with Crippen LogP contribution in [0.3, 0.4) is 0 Å². The number of hydrogen-bond acceptors (Lipinski definition) is 3. The van der Waals surface area contributed by atoms with Crippen LogP contribution in [0, 0.1) is 24.4 Å². The van der Waals surface area contributed by atoms with Crippen molar-refractivity contribution in [2.45, 2.75) is 26.7 Å². The molecule has 2 aromatic rings. The third kappa shape index (κ3) is 4.60. The van der Waals surface area contributed by atoms with E-state index in [0.29, 0.717) is 10.9 Å². The van der Waals surface area contributed by atoms with Crippen LogP contribution < -0.4 is 10.6 Å². The molecule has 1 aromatic carbocycles. The quantitative estimate of drug-likeness (QED) is 0.760. The molecule has 0 radical (unpaired) electrons. The molecular formula is C17H17F3N2O2S. The molecule has 2 rings (SSSR count). The van der Waals surface area contributed by atoms with Gasteiger partial charge in [-0.1, -0.05) is 13.3 Å². The Bertz CT molecular complexity index is 805. The van der Waals surface area contributed by atoms with Gasteiger partial charge in [0.25, 0.3) is 5.91 Å². The molecule has 1 aromatic heterocycles. The van der Waals surface area contributed by atoms with Crippen LogP contribution in [-0.4, -0.2) is 18.4 Å². The zero-order valence-corrected chi connectivity index (χ0v) is 14.5. The van der Waals surface area contributed by atoms with Crippen molar-refractivity contribution in [2.75, 3.05) is 11.9 Å². The number of thiophene rings is 1. The molecule has 0 unspecified atom stereocenters. The van der Waals surface area contributed by atoms with Crippen molar-refractivity contribution in [3.63, 3.8) is 0 Å². The minimum absolute atomic E-state index is 0.419. The third-order valence-electron chi connectivity index (χ3n) is 3.48. The zero-order valence-electron chi connectivity index (χ0n) is 13.7. The molecule has 0 bridgehead atoms. The van der Waals surface area contributed by atoms with Gasteiger partial charge >= 0.3 is 0 Å². The number of benzene rings is 1. The van der Waals surface area contributed by atoms with Crippen LogP contribution >= 0.6 is 11.3 Å². The normalized spacial score (nSPS) is 10.6. The predicted molar refractivity (Wildman–Crippen MR) is 90.3 cm³/mol. The van der Waals surface area contributed by atoms with Gasteiger partial charge in [0.15, 0.2) is 17.5 Å². The SMILES string of the molecule is CCCc1cc(C(=O)NCC(=O)Nc2ccc(F)c(F)c2F)sc1C. The first kappa shape index (κ1) is 19.0. The summed E-state index contributed by atoms with van der Waals surface area (Å²) in [6.45, 7) is 3.54. The van der Waals surface area contributed by atoms with Crippen molar-refractivity contribution in [1.82, 2.24) is 5.32 Å². The Morgan fingerprint density at radius 1 is 1.16 bits per heavy atom. The minimum Gasteiger partial charge on any atom is -0.342 e. The summed E-state index contributed by atoms with van der Waals surface area (Å²) in [5.41, 5.74) is 0.598. The largest absolute Gasteiger partial charge is 0.342 e. The second kappa shape index (κ2) is 8.15. The molecule has 0 saturated carbocycles. The van der Waals surface area contributed by atoms with Gasteiger partial charge in [-0.2, -0.15) is 0 Å². The summed E-state index contributed by atoms with van der Waals surface area (Å²) in [7, 11) is 0. The van der Waals surface area contributed by atoms with Gasteiger partial charge in [0.05, 0.1) is 17.1 Å². The van der Waals surface area contributed by atoms with Gasteiger partial charge in [-0.15, -0.1) is 11.3 Å². The van der Waals surface area contributed by atoms with Crippen molar-refractivity contribution < 1.29 is 22.8 Å². The fourth-order valence-electron chi connectivity index (χ4n) is 2.21. The summed E-state index contributed by atoms with van der Waals surface area (Å²) in [4.78, 5) is 25.4. The van der Waals surface area contributed by atoms with Crippen LogP contribution in [0.5, 0.6) is 0 Å². The van der Waals surface area contributed by atoms with E-state index < -0.39 is 41.5 Å². The lowest BCUT2D eigenvalue weighted by atomic mass is 10.1. The Labute approximate surface area is 147 Å². The van der Waals surface area contributed by atoms with Gasteiger partial charge in [-0.3, -0.25) is 9.59 Å². The highest BCUT2D eigenvalue weighted by molar-refractivity contribution is 7.14. The number of carbonyl (C=O) groups excluding carboxylic acids is 2. The van der Waals surface area contributed by atoms with E-state index in [9.17, 15) is 22.8 Å². The van der Waals surface area contributed by atoms with Gasteiger partial charge in [-0.25, -0.2) is 13.2 Å². The Morgan fingerprint density at radius 3 is 2.56 bits per heavy atom. The minimum atomic E-state index is -1.67. The summed E-state index contributed by atoms with van der Waals surface area (Å²) in [5.74, 6) is -5.67. The van der Waals surface area contributed by atoms with Crippen molar-refractivity contribution in [3.05, 3.63) is 51.0 Å². The third-order valence-corrected chi connectivity index (χ3v) is 4.57. The molecule has 0 fully saturated rings. The fraction of sp³-hybridized carbons (Fsp3) is 0.294. The maximum Gasteiger partial charge on any atom is 0.261 e. The molecule has 0 aliphatic carbocycles. The number of amides is 2. The summed E-state index contributed by atoms with van der Waals surface area (Å²) in [6, 6.07) is 3.40. The number of nitrogens with one attached hydrogen (secondary N) is 2. The highest BCUT2D eigenvalue weighted by Crippen LogP contribution is 2.23. The molecule has 0 aliphatic heterocycles. The molecule has 0 saturated heterocycles. The van der Waals surface area contributed by atoms with E-state index >= 15 is 0 Å². The summed E-state index contributed by atoms with van der Waals surface area (Å²) in [5, 5.41) is 4.51. The van der Waals surface area contributed by atoms with Crippen molar-refractivity contribution >= 4 is 28.8 Å². The van der Waals surface area contributed by atoms with Gasteiger partial charge < -0.3 is 10.6 Å². The first-order valence-corrected chi connectivity index (χ1v) is 8.46. The number of halogens is 3. The van der Waals surface area contributed by atoms with Gasteiger partial charge in [-0.05, 0) is 37.1 Å². The van der Waals surface area contributed by atoms with E-state index in [2.05, 4.69) is 10.6 Å². The van der Waals surface area contributed by atoms with Crippen LogP contribution in [0.1, 0.15) is 33.5 Å². The van der Waals surface area contributed by atoms with E-state index in [-0.39, 0.29) is 0 Å². The molecule has 0 atom stereocenters. The van der Waals surface area contributed by atoms with E-state index in [1.165, 1.54) is 11.3 Å². The Hall–Kier alpha value is -2.35. The molecule has 0 spiro atoms. The highest BCUT2D eigenvalue weighted by Gasteiger charge is 2.16. The zero-order chi connectivity index (χ0) is 18.6. The van der Waals surface area contributed by atoms with Crippen LogP contribution in [0.25, 0.3) is 0 Å². The average Bonchev–Trinajstić information content (AvgIpc) is 2.94. The molecule has 4 nitrogen and oxygen atoms in total. The van der Waals surface area contributed by atoms with Crippen LogP contribution in [0.2, 0.25) is 0 Å². The maximum atomic E-state index is 13.5. The summed E-state index contributed by atoms with van der Waals surface area (Å²) in [6.07, 6.45) is 1.83. The molecule has 2 amide bonds. The highest BCUT2D eigenvalue weighted by atomic mass is 32.1. The smallest absolute Gasteiger partial charge is 0.261 e. The lowest BCUT2D eigenvalue weighted by Gasteiger charge is -2.08. The van der Waals surface area contributed by atoms with E-state index in [0.717, 1.165) is 29.3 Å². The van der Waals surface area contributed by atoms with Crippen molar-refractivity contribution in [3.8, 4) is 0 Å². The number of anilines is 1. The van der Waals surface area contributed by atoms with E-state index in [1.807, 2.05) is 13.8 Å². The average molecular weight is 370 g/mol. The standard InChI is InChI=1S/C17H17F3N2O2S/c1-3-4-10-7-13(25-9(10)2)17(24)21-8-14(23)22-12-6-5-11(18)15(19)16(12)20/h5-7H,3-4,8H2,1-2H3,(H,21,24)(H,22,23). The monoisotopic (exact) mass is 370 g/mol. The second-order valence-corrected chi connectivity index (χ2v) is 6.65. The number of rotatable bonds is 6. The predicted octanol–water partition coefficient (Wildman–Crippen LogP) is 3.79. The van der Waals surface area contributed by atoms with E-state index in [1.54, 1.807) is 6.07 Å². The lowest BCUT2D eigenvalue weighted by molar-refractivity contribution is -0.115. The van der Waals surface area contributed by atoms with E-state index in [4.69, 9.17) is 0 Å². The molecule has 25 heavy (non-hydrogen) atoms. The summed E-state index contributed by atoms with van der Waals surface area (Å²) >= 11 is 1.33. The van der Waals surface area contributed by atoms with Crippen LogP contribution in [0.15, 0.2) is 18.2 Å². The Morgan fingerprint density at radius 2 is 1.88 bits per heavy atom. The number of hydrogen-bond donors (Lipinski definition) is 2. The molecule has 134 valence electrons. The van der Waals surface area contributed by atoms with Gasteiger partial charge in [0, 0.05) is 4.88 Å². The van der Waals surface area contributed by atoms with Crippen molar-refractivity contribution in [2.24, 2.45) is 0 Å². The second-order valence-electron chi connectivity index (χ2n) is 5.40. The van der Waals surface area contributed by atoms with Crippen molar-refractivity contribution in [1.29, 1.82) is 0 Å². The maximum absolute atomic E-state index is 13.5. The van der Waals surface area contributed by atoms with Gasteiger partial charge in [0.1, 0.15) is 0 Å². The molecule has 8 heteroatoms. The fourth-order valence-corrected chi connectivity index (χ4v) is 3.20. The van der Waals surface area contributed by atoms with Crippen LogP contribution in [0.4, 0.5) is 18.9 Å². The number of aryl methyl sites for hydroxylation is 2. The van der Waals surface area contributed by atoms with Crippen LogP contribution in [-0.2, 0) is 11.2 Å². The molecular weight excluding hydrogens is 353 g/mol. The topological polar surface area (TPSA) is 58.2 Å². The first-order valence-electron chi connectivity index (χ1n) is 7.64. The number of carbonyl (C=O) groups is 2. The first-order chi connectivity index (χ1) is 11.8. The van der Waals surface area contributed by atoms with Gasteiger partial charge in [0.2, 0.25) is 5.91 Å². The molecule has 1 heterocycles. The molecule has 0 aliphatic rings. The Balaban J connectivity index is 1.95. The summed E-state index contributed by atoms with van der Waals surface area (Å²) < 4.78 is 39.4. The lowest BCUT2D eigenvalue weighted by Crippen LogP contribution is -2.32.